The van der Waals surface area contributed by atoms with Crippen molar-refractivity contribution in [3.63, 3.8) is 0 Å². The van der Waals surface area contributed by atoms with E-state index in [1.54, 1.807) is 0 Å². The first-order valence-corrected chi connectivity index (χ1v) is 6.72. The molecule has 0 heterocycles. The van der Waals surface area contributed by atoms with Crippen LogP contribution >= 0.6 is 0 Å². The van der Waals surface area contributed by atoms with Gasteiger partial charge in [0.2, 0.25) is 5.91 Å². The molecule has 18 heavy (non-hydrogen) atoms. The molecule has 0 aliphatic heterocycles. The van der Waals surface area contributed by atoms with Crippen LogP contribution in [-0.4, -0.2) is 12.5 Å². The molecule has 0 unspecified atom stereocenters. The highest BCUT2D eigenvalue weighted by Gasteiger charge is 2.07. The van der Waals surface area contributed by atoms with Crippen LogP contribution in [0.25, 0.3) is 0 Å². The Labute approximate surface area is 110 Å². The smallest absolute Gasteiger partial charge is 0.224 e. The van der Waals surface area contributed by atoms with Gasteiger partial charge in [-0.15, -0.1) is 0 Å². The van der Waals surface area contributed by atoms with E-state index in [0.29, 0.717) is 12.3 Å². The van der Waals surface area contributed by atoms with Crippen LogP contribution in [-0.2, 0) is 11.3 Å². The molecule has 0 spiro atoms. The van der Waals surface area contributed by atoms with Crippen molar-refractivity contribution in [2.24, 2.45) is 5.92 Å². The van der Waals surface area contributed by atoms with Crippen LogP contribution in [0.2, 0.25) is 0 Å². The average molecular weight is 248 g/mol. The summed E-state index contributed by atoms with van der Waals surface area (Å²) in [5.74, 6) is 0.667. The number of benzene rings is 1. The first-order valence-electron chi connectivity index (χ1n) is 6.72. The van der Waals surface area contributed by atoms with E-state index in [1.165, 1.54) is 0 Å². The van der Waals surface area contributed by atoms with Crippen LogP contribution < -0.4 is 10.6 Å². The van der Waals surface area contributed by atoms with E-state index in [4.69, 9.17) is 0 Å². The molecule has 0 aliphatic rings. The van der Waals surface area contributed by atoms with Crippen molar-refractivity contribution in [3.05, 3.63) is 29.8 Å². The molecule has 0 fully saturated rings. The molecule has 0 bridgehead atoms. The van der Waals surface area contributed by atoms with Gasteiger partial charge in [0.1, 0.15) is 0 Å². The Kier molecular flexibility index (Phi) is 6.44. The average Bonchev–Trinajstić information content (AvgIpc) is 2.35. The summed E-state index contributed by atoms with van der Waals surface area (Å²) in [6.45, 7) is 8.05. The molecule has 1 amide bonds. The van der Waals surface area contributed by atoms with Gasteiger partial charge in [-0.05, 0) is 30.5 Å². The molecule has 2 N–H and O–H groups in total. The summed E-state index contributed by atoms with van der Waals surface area (Å²) in [6, 6.07) is 7.95. The van der Waals surface area contributed by atoms with Crippen molar-refractivity contribution >= 4 is 11.6 Å². The van der Waals surface area contributed by atoms with E-state index in [0.717, 1.165) is 30.8 Å². The highest BCUT2D eigenvalue weighted by molar-refractivity contribution is 5.91. The minimum absolute atomic E-state index is 0.104. The lowest BCUT2D eigenvalue weighted by Gasteiger charge is -2.12. The quantitative estimate of drug-likeness (QED) is 0.778. The van der Waals surface area contributed by atoms with Gasteiger partial charge < -0.3 is 10.6 Å². The first-order chi connectivity index (χ1) is 8.63. The fourth-order valence-electron chi connectivity index (χ4n) is 1.69. The zero-order valence-electron chi connectivity index (χ0n) is 11.6. The van der Waals surface area contributed by atoms with Crippen LogP contribution in [0.4, 0.5) is 5.69 Å². The van der Waals surface area contributed by atoms with Gasteiger partial charge in [-0.3, -0.25) is 4.79 Å². The number of hydrogen-bond donors (Lipinski definition) is 2. The van der Waals surface area contributed by atoms with E-state index >= 15 is 0 Å². The van der Waals surface area contributed by atoms with Crippen LogP contribution in [0, 0.1) is 5.92 Å². The third-order valence-electron chi connectivity index (χ3n) is 2.81. The van der Waals surface area contributed by atoms with Crippen molar-refractivity contribution in [1.82, 2.24) is 5.32 Å². The van der Waals surface area contributed by atoms with Gasteiger partial charge in [-0.1, -0.05) is 39.0 Å². The Morgan fingerprint density at radius 2 is 2.00 bits per heavy atom. The second kappa shape index (κ2) is 7.88. The fraction of sp³-hybridized carbons (Fsp3) is 0.533. The van der Waals surface area contributed by atoms with Crippen molar-refractivity contribution in [3.8, 4) is 0 Å². The zero-order valence-corrected chi connectivity index (χ0v) is 11.6. The van der Waals surface area contributed by atoms with Crippen LogP contribution in [0.1, 0.15) is 39.2 Å². The van der Waals surface area contributed by atoms with Gasteiger partial charge in [0.05, 0.1) is 0 Å². The molecule has 100 valence electrons. The molecule has 3 heteroatoms. The second-order valence-electron chi connectivity index (χ2n) is 4.92. The van der Waals surface area contributed by atoms with Crippen molar-refractivity contribution in [2.45, 2.75) is 40.2 Å². The number of carbonyl (C=O) groups is 1. The summed E-state index contributed by atoms with van der Waals surface area (Å²) >= 11 is 0. The lowest BCUT2D eigenvalue weighted by Crippen LogP contribution is -2.17. The third kappa shape index (κ3) is 5.32. The van der Waals surface area contributed by atoms with Crippen LogP contribution in [0.15, 0.2) is 24.3 Å². The highest BCUT2D eigenvalue weighted by atomic mass is 16.1. The second-order valence-corrected chi connectivity index (χ2v) is 4.92. The lowest BCUT2D eigenvalue weighted by molar-refractivity contribution is -0.116. The Balaban J connectivity index is 2.57. The Bertz CT molecular complexity index is 375. The molecular weight excluding hydrogens is 224 g/mol. The molecule has 0 saturated heterocycles. The van der Waals surface area contributed by atoms with Gasteiger partial charge in [0.15, 0.2) is 0 Å². The molecule has 0 aromatic heterocycles. The SMILES string of the molecule is CCNCc1ccccc1NC(=O)CCC(C)C. The number of nitrogens with one attached hydrogen (secondary N) is 2. The number of rotatable bonds is 7. The van der Waals surface area contributed by atoms with Gasteiger partial charge >= 0.3 is 0 Å². The fourth-order valence-corrected chi connectivity index (χ4v) is 1.69. The summed E-state index contributed by atoms with van der Waals surface area (Å²) in [7, 11) is 0. The van der Waals surface area contributed by atoms with E-state index in [-0.39, 0.29) is 5.91 Å². The summed E-state index contributed by atoms with van der Waals surface area (Å²) in [6.07, 6.45) is 1.52. The van der Waals surface area contributed by atoms with Crippen LogP contribution in [0.3, 0.4) is 0 Å². The maximum absolute atomic E-state index is 11.8. The van der Waals surface area contributed by atoms with Gasteiger partial charge in [0.25, 0.3) is 0 Å². The summed E-state index contributed by atoms with van der Waals surface area (Å²) < 4.78 is 0. The predicted octanol–water partition coefficient (Wildman–Crippen LogP) is 3.17. The molecule has 3 nitrogen and oxygen atoms in total. The van der Waals surface area contributed by atoms with Crippen LogP contribution in [0.5, 0.6) is 0 Å². The number of amides is 1. The highest BCUT2D eigenvalue weighted by Crippen LogP contribution is 2.15. The minimum Gasteiger partial charge on any atom is -0.326 e. The first kappa shape index (κ1) is 14.7. The van der Waals surface area contributed by atoms with E-state index in [1.807, 2.05) is 24.3 Å². The Morgan fingerprint density at radius 3 is 2.67 bits per heavy atom. The minimum atomic E-state index is 0.104. The van der Waals surface area contributed by atoms with E-state index < -0.39 is 0 Å². The standard InChI is InChI=1S/C15H24N2O/c1-4-16-11-13-7-5-6-8-14(13)17-15(18)10-9-12(2)3/h5-8,12,16H,4,9-11H2,1-3H3,(H,17,18). The van der Waals surface area contributed by atoms with Gasteiger partial charge in [0, 0.05) is 18.7 Å². The number of anilines is 1. The van der Waals surface area contributed by atoms with Crippen molar-refractivity contribution in [1.29, 1.82) is 0 Å². The molecule has 0 radical (unpaired) electrons. The van der Waals surface area contributed by atoms with Crippen molar-refractivity contribution in [2.75, 3.05) is 11.9 Å². The van der Waals surface area contributed by atoms with Gasteiger partial charge in [-0.2, -0.15) is 0 Å². The Hall–Kier alpha value is -1.35. The predicted molar refractivity (Wildman–Crippen MR) is 76.5 cm³/mol. The number of para-hydroxylation sites is 1. The largest absolute Gasteiger partial charge is 0.326 e. The number of carbonyl (C=O) groups excluding carboxylic acids is 1. The summed E-state index contributed by atoms with van der Waals surface area (Å²) in [5, 5.41) is 6.27. The molecule has 0 aliphatic carbocycles. The van der Waals surface area contributed by atoms with E-state index in [9.17, 15) is 4.79 Å². The maximum atomic E-state index is 11.8. The molecule has 0 atom stereocenters. The molecular formula is C15H24N2O. The molecule has 1 aromatic rings. The van der Waals surface area contributed by atoms with Gasteiger partial charge in [-0.25, -0.2) is 0 Å². The zero-order chi connectivity index (χ0) is 13.4. The third-order valence-corrected chi connectivity index (χ3v) is 2.81. The monoisotopic (exact) mass is 248 g/mol. The maximum Gasteiger partial charge on any atom is 0.224 e. The molecule has 0 saturated carbocycles. The molecule has 1 rings (SSSR count). The summed E-state index contributed by atoms with van der Waals surface area (Å²) in [5.41, 5.74) is 2.06. The number of hydrogen-bond acceptors (Lipinski definition) is 2. The normalized spacial score (nSPS) is 10.7. The van der Waals surface area contributed by atoms with Crippen molar-refractivity contribution < 1.29 is 4.79 Å². The summed E-state index contributed by atoms with van der Waals surface area (Å²) in [4.78, 5) is 11.8. The Morgan fingerprint density at radius 1 is 1.28 bits per heavy atom. The lowest BCUT2D eigenvalue weighted by atomic mass is 10.1. The van der Waals surface area contributed by atoms with E-state index in [2.05, 4.69) is 31.4 Å². The topological polar surface area (TPSA) is 41.1 Å². The molecule has 1 aromatic carbocycles.